The molecule has 3 aromatic rings. The standard InChI is InChI=1S/C45H72N2/c1-4-6-8-10-12-13-14-15-16-17-18-19-20-21-23-31-38-47-39-37-46-44(47)43(36-30-22-11-9-7-5-2)45(3,42-34-28-25-29-35-42)40-41-32-26-24-27-33-41/h24-29,32-35,37,39,43H,4-23,30-31,36,38,40H2,1-3H3/p+1. The van der Waals surface area contributed by atoms with Crippen LogP contribution < -0.4 is 4.57 Å². The molecule has 0 bridgehead atoms. The number of hydrogen-bond acceptors (Lipinski definition) is 0. The molecule has 0 aliphatic carbocycles. The van der Waals surface area contributed by atoms with Gasteiger partial charge in [0, 0.05) is 5.41 Å². The number of nitrogens with zero attached hydrogens (tertiary/aromatic N) is 1. The molecule has 0 saturated heterocycles. The fourth-order valence-corrected chi connectivity index (χ4v) is 7.85. The Kier molecular flexibility index (Phi) is 20.6. The zero-order chi connectivity index (χ0) is 33.3. The first-order chi connectivity index (χ1) is 23.2. The van der Waals surface area contributed by atoms with Crippen LogP contribution in [0.4, 0.5) is 0 Å². The molecule has 2 nitrogen and oxygen atoms in total. The van der Waals surface area contributed by atoms with E-state index in [0.29, 0.717) is 5.92 Å². The van der Waals surface area contributed by atoms with Crippen molar-refractivity contribution in [3.8, 4) is 0 Å². The predicted octanol–water partition coefficient (Wildman–Crippen LogP) is 13.6. The van der Waals surface area contributed by atoms with Gasteiger partial charge in [-0.3, -0.25) is 0 Å². The molecule has 262 valence electrons. The number of nitrogens with one attached hydrogen (secondary N) is 1. The van der Waals surface area contributed by atoms with Crippen molar-refractivity contribution in [2.45, 2.75) is 193 Å². The maximum atomic E-state index is 3.80. The summed E-state index contributed by atoms with van der Waals surface area (Å²) in [5, 5.41) is 0. The average molecular weight is 642 g/mol. The van der Waals surface area contributed by atoms with Gasteiger partial charge in [0.05, 0.1) is 12.5 Å². The van der Waals surface area contributed by atoms with Crippen LogP contribution >= 0.6 is 0 Å². The van der Waals surface area contributed by atoms with E-state index in [2.05, 4.69) is 103 Å². The van der Waals surface area contributed by atoms with Crippen LogP contribution in [0.5, 0.6) is 0 Å². The van der Waals surface area contributed by atoms with Crippen molar-refractivity contribution in [1.82, 2.24) is 4.98 Å². The molecule has 1 heterocycles. The molecule has 1 aromatic heterocycles. The van der Waals surface area contributed by atoms with Crippen LogP contribution in [0.15, 0.2) is 73.1 Å². The molecule has 0 aliphatic heterocycles. The normalized spacial score (nSPS) is 13.5. The third-order valence-electron chi connectivity index (χ3n) is 10.8. The van der Waals surface area contributed by atoms with Crippen LogP contribution in [-0.4, -0.2) is 4.98 Å². The molecule has 47 heavy (non-hydrogen) atoms. The monoisotopic (exact) mass is 642 g/mol. The zero-order valence-electron chi connectivity index (χ0n) is 31.1. The molecule has 0 aliphatic rings. The average Bonchev–Trinajstić information content (AvgIpc) is 3.56. The van der Waals surface area contributed by atoms with Crippen LogP contribution in [0.1, 0.15) is 191 Å². The van der Waals surface area contributed by atoms with Gasteiger partial charge in [0.1, 0.15) is 12.4 Å². The molecule has 1 N–H and O–H groups in total. The number of benzene rings is 2. The highest BCUT2D eigenvalue weighted by Gasteiger charge is 2.41. The number of unbranched alkanes of at least 4 members (excludes halogenated alkanes) is 20. The van der Waals surface area contributed by atoms with Crippen molar-refractivity contribution in [1.29, 1.82) is 0 Å². The number of aryl methyl sites for hydroxylation is 1. The molecule has 2 atom stereocenters. The van der Waals surface area contributed by atoms with Gasteiger partial charge < -0.3 is 0 Å². The summed E-state index contributed by atoms with van der Waals surface area (Å²) in [6.07, 6.45) is 37.6. The third-order valence-corrected chi connectivity index (χ3v) is 10.8. The molecule has 2 unspecified atom stereocenters. The fourth-order valence-electron chi connectivity index (χ4n) is 7.85. The summed E-state index contributed by atoms with van der Waals surface area (Å²) in [4.78, 5) is 3.80. The summed E-state index contributed by atoms with van der Waals surface area (Å²) in [5.41, 5.74) is 2.90. The number of rotatable bonds is 29. The lowest BCUT2D eigenvalue weighted by Crippen LogP contribution is -2.43. The van der Waals surface area contributed by atoms with Gasteiger partial charge in [0.25, 0.3) is 5.82 Å². The number of hydrogen-bond donors (Lipinski definition) is 1. The molecular formula is C45H73N2+. The Labute approximate surface area is 291 Å². The summed E-state index contributed by atoms with van der Waals surface area (Å²) >= 11 is 0. The highest BCUT2D eigenvalue weighted by Crippen LogP contribution is 2.43. The molecule has 0 spiro atoms. The Morgan fingerprint density at radius 3 is 1.51 bits per heavy atom. The minimum Gasteiger partial charge on any atom is -0.247 e. The summed E-state index contributed by atoms with van der Waals surface area (Å²) in [6.45, 7) is 8.28. The fraction of sp³-hybridized carbons (Fsp3) is 0.667. The second kappa shape index (κ2) is 24.7. The highest BCUT2D eigenvalue weighted by molar-refractivity contribution is 5.32. The molecule has 0 amide bonds. The maximum Gasteiger partial charge on any atom is 0.258 e. The van der Waals surface area contributed by atoms with Gasteiger partial charge in [-0.05, 0) is 36.8 Å². The summed E-state index contributed by atoms with van der Waals surface area (Å²) in [6, 6.07) is 22.6. The number of H-pyrrole nitrogens is 1. The van der Waals surface area contributed by atoms with Gasteiger partial charge >= 0.3 is 0 Å². The van der Waals surface area contributed by atoms with Gasteiger partial charge in [0.15, 0.2) is 0 Å². The van der Waals surface area contributed by atoms with E-state index < -0.39 is 0 Å². The second-order valence-corrected chi connectivity index (χ2v) is 14.9. The van der Waals surface area contributed by atoms with E-state index >= 15 is 0 Å². The Morgan fingerprint density at radius 1 is 0.553 bits per heavy atom. The van der Waals surface area contributed by atoms with E-state index in [1.807, 2.05) is 0 Å². The van der Waals surface area contributed by atoms with Gasteiger partial charge in [-0.2, -0.15) is 0 Å². The first kappa shape index (κ1) is 39.1. The Morgan fingerprint density at radius 2 is 1.00 bits per heavy atom. The first-order valence-electron chi connectivity index (χ1n) is 20.3. The Bertz CT molecular complexity index is 1120. The topological polar surface area (TPSA) is 19.7 Å². The lowest BCUT2D eigenvalue weighted by molar-refractivity contribution is -0.705. The van der Waals surface area contributed by atoms with E-state index in [1.165, 1.54) is 165 Å². The minimum atomic E-state index is 0.00721. The SMILES string of the molecule is CCCCCCCCCCCCCCCCCC[n+]1cc[nH]c1C(CCCCCCCC)C(C)(Cc1ccccc1)c1ccccc1. The molecule has 0 saturated carbocycles. The molecular weight excluding hydrogens is 569 g/mol. The van der Waals surface area contributed by atoms with E-state index in [-0.39, 0.29) is 5.41 Å². The van der Waals surface area contributed by atoms with E-state index in [1.54, 1.807) is 0 Å². The van der Waals surface area contributed by atoms with Crippen LogP contribution in [0.2, 0.25) is 0 Å². The van der Waals surface area contributed by atoms with Crippen molar-refractivity contribution in [2.75, 3.05) is 0 Å². The molecule has 2 heteroatoms. The first-order valence-corrected chi connectivity index (χ1v) is 20.3. The van der Waals surface area contributed by atoms with Crippen LogP contribution in [0.3, 0.4) is 0 Å². The smallest absolute Gasteiger partial charge is 0.247 e. The Balaban J connectivity index is 1.51. The van der Waals surface area contributed by atoms with Crippen LogP contribution in [0.25, 0.3) is 0 Å². The van der Waals surface area contributed by atoms with Gasteiger partial charge in [-0.25, -0.2) is 9.55 Å². The summed E-state index contributed by atoms with van der Waals surface area (Å²) < 4.78 is 2.58. The van der Waals surface area contributed by atoms with E-state index in [9.17, 15) is 0 Å². The summed E-state index contributed by atoms with van der Waals surface area (Å²) in [5.74, 6) is 1.87. The third kappa shape index (κ3) is 15.2. The van der Waals surface area contributed by atoms with Crippen molar-refractivity contribution in [2.24, 2.45) is 0 Å². The molecule has 3 rings (SSSR count). The minimum absolute atomic E-state index is 0.00721. The van der Waals surface area contributed by atoms with Crippen molar-refractivity contribution < 1.29 is 4.57 Å². The molecule has 2 aromatic carbocycles. The number of aromatic amines is 1. The van der Waals surface area contributed by atoms with E-state index in [0.717, 1.165) is 13.0 Å². The number of imidazole rings is 1. The highest BCUT2D eigenvalue weighted by atomic mass is 15.1. The van der Waals surface area contributed by atoms with Crippen molar-refractivity contribution in [3.05, 3.63) is 90.0 Å². The Hall–Kier alpha value is -2.35. The number of aromatic nitrogens is 2. The van der Waals surface area contributed by atoms with Crippen LogP contribution in [-0.2, 0) is 18.4 Å². The van der Waals surface area contributed by atoms with Gasteiger partial charge in [0.2, 0.25) is 0 Å². The quantitative estimate of drug-likeness (QED) is 0.0575. The van der Waals surface area contributed by atoms with Crippen LogP contribution in [0, 0.1) is 0 Å². The predicted molar refractivity (Wildman–Crippen MR) is 205 cm³/mol. The largest absolute Gasteiger partial charge is 0.258 e. The van der Waals surface area contributed by atoms with Crippen molar-refractivity contribution >= 4 is 0 Å². The molecule has 0 radical (unpaired) electrons. The summed E-state index contributed by atoms with van der Waals surface area (Å²) in [7, 11) is 0. The van der Waals surface area contributed by atoms with Crippen molar-refractivity contribution in [3.63, 3.8) is 0 Å². The zero-order valence-corrected chi connectivity index (χ0v) is 31.1. The van der Waals surface area contributed by atoms with E-state index in [4.69, 9.17) is 0 Å². The molecule has 0 fully saturated rings. The lowest BCUT2D eigenvalue weighted by Gasteiger charge is -2.37. The van der Waals surface area contributed by atoms with Gasteiger partial charge in [-0.1, -0.05) is 210 Å². The lowest BCUT2D eigenvalue weighted by atomic mass is 9.66. The second-order valence-electron chi connectivity index (χ2n) is 14.9. The van der Waals surface area contributed by atoms with Gasteiger partial charge in [-0.15, -0.1) is 0 Å². The maximum absolute atomic E-state index is 3.80.